The number of pyridine rings is 1. The van der Waals surface area contributed by atoms with E-state index in [1.165, 1.54) is 0 Å². The molecule has 5 nitrogen and oxygen atoms in total. The maximum atomic E-state index is 11.1. The second kappa shape index (κ2) is 5.88. The Morgan fingerprint density at radius 3 is 2.65 bits per heavy atom. The number of hydrogen-bond acceptors (Lipinski definition) is 4. The molecule has 0 aliphatic rings. The lowest BCUT2D eigenvalue weighted by molar-refractivity contribution is 0.0699. The molecule has 2 rings (SSSR count). The van der Waals surface area contributed by atoms with Crippen LogP contribution in [0.15, 0.2) is 30.3 Å². The fourth-order valence-electron chi connectivity index (χ4n) is 2.03. The molecule has 0 fully saturated rings. The molecule has 106 valence electrons. The highest BCUT2D eigenvalue weighted by Gasteiger charge is 2.13. The Bertz CT molecular complexity index is 626. The first-order valence-corrected chi connectivity index (χ1v) is 6.53. The lowest BCUT2D eigenvalue weighted by Crippen LogP contribution is -2.29. The van der Waals surface area contributed by atoms with Crippen LogP contribution in [0, 0.1) is 5.92 Å². The summed E-state index contributed by atoms with van der Waals surface area (Å²) < 4.78 is 0. The molecule has 0 bridgehead atoms. The van der Waals surface area contributed by atoms with Gasteiger partial charge in [-0.25, -0.2) is 9.78 Å². The first-order chi connectivity index (χ1) is 9.52. The topological polar surface area (TPSA) is 82.5 Å². The first-order valence-electron chi connectivity index (χ1n) is 6.53. The van der Waals surface area contributed by atoms with E-state index in [0.717, 1.165) is 0 Å². The van der Waals surface area contributed by atoms with Crippen LogP contribution in [-0.4, -0.2) is 33.8 Å². The van der Waals surface area contributed by atoms with Gasteiger partial charge >= 0.3 is 5.97 Å². The van der Waals surface area contributed by atoms with Crippen LogP contribution in [0.5, 0.6) is 0 Å². The van der Waals surface area contributed by atoms with Gasteiger partial charge in [-0.2, -0.15) is 0 Å². The third-order valence-electron chi connectivity index (χ3n) is 3.30. The molecule has 2 aromatic rings. The summed E-state index contributed by atoms with van der Waals surface area (Å²) in [5, 5.41) is 22.2. The summed E-state index contributed by atoms with van der Waals surface area (Å²) in [6.07, 6.45) is 0. The first kappa shape index (κ1) is 14.3. The van der Waals surface area contributed by atoms with Gasteiger partial charge in [-0.1, -0.05) is 19.9 Å². The molecule has 5 heteroatoms. The predicted molar refractivity (Wildman–Crippen MR) is 78.0 cm³/mol. The molecule has 1 atom stereocenters. The average molecular weight is 274 g/mol. The van der Waals surface area contributed by atoms with Crippen LogP contribution in [0.4, 0.5) is 5.82 Å². The number of carboxylic acids is 1. The van der Waals surface area contributed by atoms with E-state index in [9.17, 15) is 9.90 Å². The lowest BCUT2D eigenvalue weighted by Gasteiger charge is -2.20. The van der Waals surface area contributed by atoms with Gasteiger partial charge in [0.2, 0.25) is 0 Å². The van der Waals surface area contributed by atoms with Gasteiger partial charge in [0, 0.05) is 5.39 Å². The predicted octanol–water partition coefficient (Wildman–Crippen LogP) is 2.36. The third kappa shape index (κ3) is 2.88. The lowest BCUT2D eigenvalue weighted by atomic mass is 10.1. The minimum atomic E-state index is -0.964. The summed E-state index contributed by atoms with van der Waals surface area (Å²) >= 11 is 0. The fourth-order valence-corrected chi connectivity index (χ4v) is 2.03. The van der Waals surface area contributed by atoms with Crippen molar-refractivity contribution in [1.29, 1.82) is 0 Å². The number of aliphatic hydroxyl groups excluding tert-OH is 1. The van der Waals surface area contributed by atoms with E-state index in [1.54, 1.807) is 30.3 Å². The second-order valence-electron chi connectivity index (χ2n) is 5.05. The standard InChI is InChI=1S/C15H18N2O3/c1-9(2)13(8-18)17-14-7-6-10-11(15(19)20)4-3-5-12(10)16-14/h3-7,9,13,18H,8H2,1-2H3,(H,16,17)(H,19,20). The number of aromatic nitrogens is 1. The zero-order chi connectivity index (χ0) is 14.7. The number of nitrogens with zero attached hydrogens (tertiary/aromatic N) is 1. The molecule has 0 saturated carbocycles. The molecule has 20 heavy (non-hydrogen) atoms. The largest absolute Gasteiger partial charge is 0.478 e. The van der Waals surface area contributed by atoms with Crippen LogP contribution in [0.2, 0.25) is 0 Å². The number of anilines is 1. The summed E-state index contributed by atoms with van der Waals surface area (Å²) in [7, 11) is 0. The number of hydrogen-bond donors (Lipinski definition) is 3. The zero-order valence-corrected chi connectivity index (χ0v) is 11.5. The summed E-state index contributed by atoms with van der Waals surface area (Å²) in [4.78, 5) is 15.5. The van der Waals surface area contributed by atoms with Gasteiger partial charge in [-0.15, -0.1) is 0 Å². The molecule has 0 amide bonds. The maximum absolute atomic E-state index is 11.1. The third-order valence-corrected chi connectivity index (χ3v) is 3.30. The highest BCUT2D eigenvalue weighted by molar-refractivity contribution is 6.02. The van der Waals surface area contributed by atoms with Crippen LogP contribution < -0.4 is 5.32 Å². The Kier molecular flexibility index (Phi) is 4.20. The van der Waals surface area contributed by atoms with E-state index in [1.807, 2.05) is 13.8 Å². The van der Waals surface area contributed by atoms with Crippen molar-refractivity contribution in [2.45, 2.75) is 19.9 Å². The van der Waals surface area contributed by atoms with Gasteiger partial charge in [-0.05, 0) is 30.2 Å². The van der Waals surface area contributed by atoms with Crippen molar-refractivity contribution in [3.63, 3.8) is 0 Å². The number of fused-ring (bicyclic) bond motifs is 1. The van der Waals surface area contributed by atoms with Crippen molar-refractivity contribution in [2.24, 2.45) is 5.92 Å². The van der Waals surface area contributed by atoms with Gasteiger partial charge in [0.1, 0.15) is 5.82 Å². The molecule has 0 spiro atoms. The molecule has 1 aromatic heterocycles. The van der Waals surface area contributed by atoms with Crippen molar-refractivity contribution >= 4 is 22.7 Å². The Morgan fingerprint density at radius 1 is 1.30 bits per heavy atom. The van der Waals surface area contributed by atoms with Gasteiger partial charge < -0.3 is 15.5 Å². The quantitative estimate of drug-likeness (QED) is 0.779. The Hall–Kier alpha value is -2.14. The van der Waals surface area contributed by atoms with E-state index >= 15 is 0 Å². The Balaban J connectivity index is 2.37. The van der Waals surface area contributed by atoms with E-state index < -0.39 is 5.97 Å². The molecular weight excluding hydrogens is 256 g/mol. The molecular formula is C15H18N2O3. The molecule has 1 aromatic carbocycles. The number of carbonyl (C=O) groups is 1. The summed E-state index contributed by atoms with van der Waals surface area (Å²) in [6, 6.07) is 8.40. The molecule has 3 N–H and O–H groups in total. The summed E-state index contributed by atoms with van der Waals surface area (Å²) in [5.74, 6) is -0.0656. The van der Waals surface area contributed by atoms with Gasteiger partial charge in [0.25, 0.3) is 0 Å². The van der Waals surface area contributed by atoms with Crippen molar-refractivity contribution in [2.75, 3.05) is 11.9 Å². The van der Waals surface area contributed by atoms with Crippen LogP contribution >= 0.6 is 0 Å². The van der Waals surface area contributed by atoms with Gasteiger partial charge in [0.05, 0.1) is 23.7 Å². The minimum absolute atomic E-state index is 0.0204. The highest BCUT2D eigenvalue weighted by atomic mass is 16.4. The van der Waals surface area contributed by atoms with Crippen LogP contribution in [-0.2, 0) is 0 Å². The number of benzene rings is 1. The number of nitrogens with one attached hydrogen (secondary N) is 1. The van der Waals surface area contributed by atoms with Crippen molar-refractivity contribution < 1.29 is 15.0 Å². The molecule has 1 heterocycles. The average Bonchev–Trinajstić information content (AvgIpc) is 2.43. The van der Waals surface area contributed by atoms with E-state index in [-0.39, 0.29) is 24.1 Å². The second-order valence-corrected chi connectivity index (χ2v) is 5.05. The zero-order valence-electron chi connectivity index (χ0n) is 11.5. The molecule has 0 aliphatic heterocycles. The SMILES string of the molecule is CC(C)C(CO)Nc1ccc2c(C(=O)O)cccc2n1. The Morgan fingerprint density at radius 2 is 2.05 bits per heavy atom. The molecule has 0 aliphatic carbocycles. The molecule has 0 radical (unpaired) electrons. The number of aromatic carboxylic acids is 1. The number of aliphatic hydroxyl groups is 1. The van der Waals surface area contributed by atoms with E-state index in [4.69, 9.17) is 5.11 Å². The van der Waals surface area contributed by atoms with Crippen molar-refractivity contribution in [3.05, 3.63) is 35.9 Å². The highest BCUT2D eigenvalue weighted by Crippen LogP contribution is 2.20. The number of rotatable bonds is 5. The van der Waals surface area contributed by atoms with Crippen molar-refractivity contribution in [1.82, 2.24) is 4.98 Å². The fraction of sp³-hybridized carbons (Fsp3) is 0.333. The smallest absolute Gasteiger partial charge is 0.336 e. The number of carboxylic acid groups (broad SMARTS) is 1. The van der Waals surface area contributed by atoms with Crippen LogP contribution in [0.25, 0.3) is 10.9 Å². The molecule has 0 saturated heterocycles. The van der Waals surface area contributed by atoms with Crippen LogP contribution in [0.1, 0.15) is 24.2 Å². The van der Waals surface area contributed by atoms with Crippen LogP contribution in [0.3, 0.4) is 0 Å². The maximum Gasteiger partial charge on any atom is 0.336 e. The Labute approximate surface area is 117 Å². The van der Waals surface area contributed by atoms with E-state index in [0.29, 0.717) is 16.7 Å². The molecule has 1 unspecified atom stereocenters. The summed E-state index contributed by atoms with van der Waals surface area (Å²) in [5.41, 5.74) is 0.861. The van der Waals surface area contributed by atoms with E-state index in [2.05, 4.69) is 10.3 Å². The normalized spacial score (nSPS) is 12.6. The minimum Gasteiger partial charge on any atom is -0.478 e. The monoisotopic (exact) mass is 274 g/mol. The van der Waals surface area contributed by atoms with Gasteiger partial charge in [-0.3, -0.25) is 0 Å². The van der Waals surface area contributed by atoms with Crippen molar-refractivity contribution in [3.8, 4) is 0 Å². The van der Waals surface area contributed by atoms with Gasteiger partial charge in [0.15, 0.2) is 0 Å². The summed E-state index contributed by atoms with van der Waals surface area (Å²) in [6.45, 7) is 4.04.